The van der Waals surface area contributed by atoms with E-state index < -0.39 is 11.9 Å². The molecule has 1 aromatic carbocycles. The zero-order chi connectivity index (χ0) is 11.7. The molecule has 1 aliphatic rings. The van der Waals surface area contributed by atoms with Crippen molar-refractivity contribution in [1.82, 2.24) is 0 Å². The Bertz CT molecular complexity index is 445. The minimum absolute atomic E-state index is 0.00704. The maximum absolute atomic E-state index is 11.1. The maximum atomic E-state index is 11.1. The van der Waals surface area contributed by atoms with E-state index in [1.165, 1.54) is 0 Å². The first-order chi connectivity index (χ1) is 7.56. The van der Waals surface area contributed by atoms with E-state index in [9.17, 15) is 9.59 Å². The van der Waals surface area contributed by atoms with Crippen LogP contribution in [0.3, 0.4) is 0 Å². The van der Waals surface area contributed by atoms with Gasteiger partial charge in [-0.1, -0.05) is 23.2 Å². The maximum Gasteiger partial charge on any atom is 0.333 e. The highest BCUT2D eigenvalue weighted by Gasteiger charge is 2.26. The number of rotatable bonds is 1. The van der Waals surface area contributed by atoms with Crippen molar-refractivity contribution in [1.29, 1.82) is 0 Å². The molecule has 0 saturated carbocycles. The van der Waals surface area contributed by atoms with E-state index in [2.05, 4.69) is 4.74 Å². The number of hydrogen-bond acceptors (Lipinski definition) is 4. The Morgan fingerprint density at radius 2 is 1.75 bits per heavy atom. The standard InChI is InChI=1S/C10H7Cl2NO3/c11-6-1-2-8(7(12)3-6)13-4-9(14)16-10(15)5-13/h1-3H,4-5H2. The first-order valence-electron chi connectivity index (χ1n) is 4.50. The quantitative estimate of drug-likeness (QED) is 0.571. The van der Waals surface area contributed by atoms with Crippen molar-refractivity contribution in [3.8, 4) is 0 Å². The van der Waals surface area contributed by atoms with Crippen LogP contribution in [0.25, 0.3) is 0 Å². The van der Waals surface area contributed by atoms with Crippen LogP contribution >= 0.6 is 23.2 Å². The van der Waals surface area contributed by atoms with Crippen LogP contribution in [0.15, 0.2) is 18.2 Å². The molecule has 0 atom stereocenters. The van der Waals surface area contributed by atoms with Crippen LogP contribution < -0.4 is 4.90 Å². The molecule has 16 heavy (non-hydrogen) atoms. The average Bonchev–Trinajstić information content (AvgIpc) is 2.15. The lowest BCUT2D eigenvalue weighted by molar-refractivity contribution is -0.160. The molecule has 0 N–H and O–H groups in total. The minimum atomic E-state index is -0.581. The highest BCUT2D eigenvalue weighted by atomic mass is 35.5. The molecule has 4 nitrogen and oxygen atoms in total. The van der Waals surface area contributed by atoms with Crippen molar-refractivity contribution >= 4 is 40.8 Å². The third kappa shape index (κ3) is 2.28. The normalized spacial score (nSPS) is 16.2. The van der Waals surface area contributed by atoms with Crippen LogP contribution in [-0.2, 0) is 14.3 Å². The van der Waals surface area contributed by atoms with Crippen molar-refractivity contribution < 1.29 is 14.3 Å². The first kappa shape index (κ1) is 11.2. The van der Waals surface area contributed by atoms with Crippen molar-refractivity contribution in [3.63, 3.8) is 0 Å². The molecule has 2 rings (SSSR count). The van der Waals surface area contributed by atoms with Gasteiger partial charge in [-0.2, -0.15) is 0 Å². The third-order valence-corrected chi connectivity index (χ3v) is 2.66. The number of halogens is 2. The molecule has 0 radical (unpaired) electrons. The fraction of sp³-hybridized carbons (Fsp3) is 0.200. The third-order valence-electron chi connectivity index (χ3n) is 2.12. The second-order valence-corrected chi connectivity index (χ2v) is 4.14. The predicted octanol–water partition coefficient (Wildman–Crippen LogP) is 1.88. The number of nitrogens with zero attached hydrogens (tertiary/aromatic N) is 1. The summed E-state index contributed by atoms with van der Waals surface area (Å²) < 4.78 is 4.41. The van der Waals surface area contributed by atoms with E-state index in [-0.39, 0.29) is 13.1 Å². The lowest BCUT2D eigenvalue weighted by Crippen LogP contribution is -2.43. The summed E-state index contributed by atoms with van der Waals surface area (Å²) in [5, 5.41) is 0.898. The fourth-order valence-electron chi connectivity index (χ4n) is 1.47. The summed E-state index contributed by atoms with van der Waals surface area (Å²) in [6, 6.07) is 4.87. The Morgan fingerprint density at radius 3 is 2.31 bits per heavy atom. The number of hydrogen-bond donors (Lipinski definition) is 0. The molecule has 1 heterocycles. The van der Waals surface area contributed by atoms with E-state index in [0.717, 1.165) is 0 Å². The first-order valence-corrected chi connectivity index (χ1v) is 5.25. The summed E-state index contributed by atoms with van der Waals surface area (Å²) in [4.78, 5) is 23.7. The lowest BCUT2D eigenvalue weighted by Gasteiger charge is -2.27. The van der Waals surface area contributed by atoms with Gasteiger partial charge in [0.25, 0.3) is 0 Å². The van der Waals surface area contributed by atoms with Gasteiger partial charge >= 0.3 is 11.9 Å². The van der Waals surface area contributed by atoms with Gasteiger partial charge in [0.05, 0.1) is 10.7 Å². The molecular weight excluding hydrogens is 253 g/mol. The Kier molecular flexibility index (Phi) is 3.03. The highest BCUT2D eigenvalue weighted by molar-refractivity contribution is 6.36. The van der Waals surface area contributed by atoms with Gasteiger partial charge in [-0.3, -0.25) is 0 Å². The van der Waals surface area contributed by atoms with Gasteiger partial charge < -0.3 is 9.64 Å². The number of morpholine rings is 1. The molecule has 0 spiro atoms. The van der Waals surface area contributed by atoms with E-state index in [4.69, 9.17) is 23.2 Å². The molecule has 0 aliphatic carbocycles. The van der Waals surface area contributed by atoms with Gasteiger partial charge in [0.15, 0.2) is 0 Å². The second-order valence-electron chi connectivity index (χ2n) is 3.30. The molecule has 6 heteroatoms. The topological polar surface area (TPSA) is 46.6 Å². The number of esters is 2. The predicted molar refractivity (Wildman–Crippen MR) is 59.8 cm³/mol. The monoisotopic (exact) mass is 259 g/mol. The van der Waals surface area contributed by atoms with Crippen molar-refractivity contribution in [2.75, 3.05) is 18.0 Å². The van der Waals surface area contributed by atoms with E-state index in [1.807, 2.05) is 0 Å². The van der Waals surface area contributed by atoms with Crippen LogP contribution in [0.4, 0.5) is 5.69 Å². The van der Waals surface area contributed by atoms with Crippen molar-refractivity contribution in [2.24, 2.45) is 0 Å². The zero-order valence-corrected chi connectivity index (χ0v) is 9.59. The molecule has 1 saturated heterocycles. The lowest BCUT2D eigenvalue weighted by atomic mass is 10.2. The molecule has 0 amide bonds. The van der Waals surface area contributed by atoms with Gasteiger partial charge in [-0.15, -0.1) is 0 Å². The zero-order valence-electron chi connectivity index (χ0n) is 8.07. The molecule has 0 unspecified atom stereocenters. The Labute approximate surface area is 102 Å². The molecular formula is C10H7Cl2NO3. The number of ether oxygens (including phenoxy) is 1. The van der Waals surface area contributed by atoms with E-state index >= 15 is 0 Å². The number of benzene rings is 1. The highest BCUT2D eigenvalue weighted by Crippen LogP contribution is 2.29. The van der Waals surface area contributed by atoms with Gasteiger partial charge in [-0.25, -0.2) is 9.59 Å². The molecule has 0 aromatic heterocycles. The summed E-state index contributed by atoms with van der Waals surface area (Å²) in [6.07, 6.45) is 0. The number of anilines is 1. The van der Waals surface area contributed by atoms with E-state index in [1.54, 1.807) is 23.1 Å². The van der Waals surface area contributed by atoms with Gasteiger partial charge in [0.2, 0.25) is 0 Å². The van der Waals surface area contributed by atoms with Crippen LogP contribution in [-0.4, -0.2) is 25.0 Å². The molecule has 0 bridgehead atoms. The van der Waals surface area contributed by atoms with Crippen LogP contribution in [0.5, 0.6) is 0 Å². The van der Waals surface area contributed by atoms with E-state index in [0.29, 0.717) is 15.7 Å². The number of carbonyl (C=O) groups is 2. The van der Waals surface area contributed by atoms with Crippen LogP contribution in [0.2, 0.25) is 10.0 Å². The molecule has 1 fully saturated rings. The summed E-state index contributed by atoms with van der Waals surface area (Å²) in [5.74, 6) is -1.16. The minimum Gasteiger partial charge on any atom is -0.390 e. The van der Waals surface area contributed by atoms with Crippen LogP contribution in [0.1, 0.15) is 0 Å². The largest absolute Gasteiger partial charge is 0.390 e. The molecule has 84 valence electrons. The summed E-state index contributed by atoms with van der Waals surface area (Å²) in [6.45, 7) is 0.0141. The van der Waals surface area contributed by atoms with Crippen molar-refractivity contribution in [3.05, 3.63) is 28.2 Å². The summed E-state index contributed by atoms with van der Waals surface area (Å²) in [7, 11) is 0. The Hall–Kier alpha value is -1.26. The second kappa shape index (κ2) is 4.31. The van der Waals surface area contributed by atoms with Gasteiger partial charge in [0, 0.05) is 5.02 Å². The number of cyclic esters (lactones) is 2. The van der Waals surface area contributed by atoms with Gasteiger partial charge in [0.1, 0.15) is 13.1 Å². The van der Waals surface area contributed by atoms with Crippen LogP contribution in [0, 0.1) is 0 Å². The number of carbonyl (C=O) groups excluding carboxylic acids is 2. The SMILES string of the molecule is O=C1CN(c2ccc(Cl)cc2Cl)CC(=O)O1. The van der Waals surface area contributed by atoms with Crippen molar-refractivity contribution in [2.45, 2.75) is 0 Å². The molecule has 1 aromatic rings. The Morgan fingerprint density at radius 1 is 1.12 bits per heavy atom. The summed E-state index contributed by atoms with van der Waals surface area (Å²) in [5.41, 5.74) is 0.594. The fourth-order valence-corrected chi connectivity index (χ4v) is 2.00. The Balaban J connectivity index is 2.29. The average molecular weight is 260 g/mol. The van der Waals surface area contributed by atoms with Gasteiger partial charge in [-0.05, 0) is 18.2 Å². The molecule has 1 aliphatic heterocycles. The summed E-state index contributed by atoms with van der Waals surface area (Å²) >= 11 is 11.7. The smallest absolute Gasteiger partial charge is 0.333 e.